The molecule has 0 unspecified atom stereocenters. The van der Waals surface area contributed by atoms with E-state index >= 15 is 0 Å². The number of benzene rings is 1. The molecule has 0 radical (unpaired) electrons. The Kier molecular flexibility index (Phi) is 5.33. The smallest absolute Gasteiger partial charge is 0.337 e. The molecule has 21 heavy (non-hydrogen) atoms. The van der Waals surface area contributed by atoms with Crippen molar-refractivity contribution in [1.82, 2.24) is 0 Å². The number of carbonyl (C=O) groups excluding carboxylic acids is 1. The second-order valence-electron chi connectivity index (χ2n) is 4.68. The van der Waals surface area contributed by atoms with Gasteiger partial charge in [-0.3, -0.25) is 0 Å². The lowest BCUT2D eigenvalue weighted by atomic mass is 10.1. The first-order chi connectivity index (χ1) is 10.1. The van der Waals surface area contributed by atoms with Crippen molar-refractivity contribution in [2.75, 3.05) is 18.7 Å². The molecule has 0 spiro atoms. The molecule has 1 N–H and O–H groups in total. The number of furan rings is 1. The lowest BCUT2D eigenvalue weighted by Crippen LogP contribution is -2.05. The average Bonchev–Trinajstić information content (AvgIpc) is 2.93. The molecule has 5 heteroatoms. The molecule has 2 aromatic rings. The molecule has 1 aromatic carbocycles. The molecular formula is C16H19NO3S. The minimum atomic E-state index is -0.335. The van der Waals surface area contributed by atoms with E-state index in [0.717, 1.165) is 28.5 Å². The molecule has 0 aliphatic carbocycles. The molecular weight excluding hydrogens is 286 g/mol. The van der Waals surface area contributed by atoms with Crippen LogP contribution in [0.4, 0.5) is 5.69 Å². The molecule has 112 valence electrons. The van der Waals surface area contributed by atoms with Gasteiger partial charge in [-0.1, -0.05) is 6.07 Å². The van der Waals surface area contributed by atoms with Gasteiger partial charge in [0.2, 0.25) is 0 Å². The Morgan fingerprint density at radius 3 is 2.76 bits per heavy atom. The molecule has 0 amide bonds. The molecule has 2 rings (SSSR count). The van der Waals surface area contributed by atoms with Gasteiger partial charge in [0.25, 0.3) is 0 Å². The molecule has 1 heterocycles. The van der Waals surface area contributed by atoms with E-state index in [4.69, 9.17) is 9.15 Å². The number of hydrogen-bond donors (Lipinski definition) is 1. The first-order valence-electron chi connectivity index (χ1n) is 6.63. The number of nitrogens with one attached hydrogen (secondary N) is 1. The zero-order valence-corrected chi connectivity index (χ0v) is 13.3. The Morgan fingerprint density at radius 2 is 2.05 bits per heavy atom. The van der Waals surface area contributed by atoms with Crippen molar-refractivity contribution in [3.8, 4) is 0 Å². The number of carbonyl (C=O) groups is 1. The van der Waals surface area contributed by atoms with E-state index in [9.17, 15) is 4.79 Å². The van der Waals surface area contributed by atoms with Crippen molar-refractivity contribution in [3.63, 3.8) is 0 Å². The Balaban J connectivity index is 2.06. The van der Waals surface area contributed by atoms with Gasteiger partial charge in [-0.15, -0.1) is 0 Å². The number of ether oxygens (including phenoxy) is 1. The van der Waals surface area contributed by atoms with Gasteiger partial charge in [0.15, 0.2) is 0 Å². The van der Waals surface area contributed by atoms with Crippen molar-refractivity contribution in [3.05, 3.63) is 53.0 Å². The van der Waals surface area contributed by atoms with Crippen LogP contribution >= 0.6 is 11.8 Å². The Morgan fingerprint density at radius 1 is 1.29 bits per heavy atom. The van der Waals surface area contributed by atoms with Gasteiger partial charge in [-0.05, 0) is 43.0 Å². The maximum absolute atomic E-state index is 11.6. The number of hydrogen-bond acceptors (Lipinski definition) is 5. The summed E-state index contributed by atoms with van der Waals surface area (Å²) in [7, 11) is 1.38. The van der Waals surface area contributed by atoms with Gasteiger partial charge in [-0.25, -0.2) is 4.79 Å². The summed E-state index contributed by atoms with van der Waals surface area (Å²) in [6.07, 6.45) is 2.04. The minimum Gasteiger partial charge on any atom is -0.465 e. The van der Waals surface area contributed by atoms with Gasteiger partial charge in [0.05, 0.1) is 25.0 Å². The number of methoxy groups -OCH3 is 1. The second-order valence-corrected chi connectivity index (χ2v) is 5.54. The van der Waals surface area contributed by atoms with Gasteiger partial charge >= 0.3 is 5.97 Å². The lowest BCUT2D eigenvalue weighted by molar-refractivity contribution is 0.0601. The maximum Gasteiger partial charge on any atom is 0.337 e. The van der Waals surface area contributed by atoms with E-state index in [1.54, 1.807) is 23.9 Å². The van der Waals surface area contributed by atoms with Gasteiger partial charge in [-0.2, -0.15) is 11.8 Å². The quantitative estimate of drug-likeness (QED) is 0.822. The summed E-state index contributed by atoms with van der Waals surface area (Å²) in [5.41, 5.74) is 2.51. The predicted molar refractivity (Wildman–Crippen MR) is 85.8 cm³/mol. The summed E-state index contributed by atoms with van der Waals surface area (Å²) in [6, 6.07) is 9.42. The highest BCUT2D eigenvalue weighted by Crippen LogP contribution is 2.20. The summed E-state index contributed by atoms with van der Waals surface area (Å²) < 4.78 is 10.4. The summed E-state index contributed by atoms with van der Waals surface area (Å²) in [5.74, 6) is 2.39. The first-order valence-corrected chi connectivity index (χ1v) is 8.02. The van der Waals surface area contributed by atoms with E-state index in [1.807, 2.05) is 31.4 Å². The van der Waals surface area contributed by atoms with Crippen molar-refractivity contribution in [2.24, 2.45) is 0 Å². The molecule has 0 saturated carbocycles. The fraction of sp³-hybridized carbons (Fsp3) is 0.312. The molecule has 4 nitrogen and oxygen atoms in total. The highest BCUT2D eigenvalue weighted by molar-refractivity contribution is 7.97. The summed E-state index contributed by atoms with van der Waals surface area (Å²) in [4.78, 5) is 11.6. The van der Waals surface area contributed by atoms with Crippen LogP contribution in [-0.2, 0) is 17.0 Å². The topological polar surface area (TPSA) is 51.5 Å². The molecule has 0 aliphatic rings. The average molecular weight is 305 g/mol. The van der Waals surface area contributed by atoms with E-state index < -0.39 is 0 Å². The second kappa shape index (κ2) is 7.22. The monoisotopic (exact) mass is 305 g/mol. The zero-order valence-electron chi connectivity index (χ0n) is 12.4. The molecule has 0 saturated heterocycles. The first kappa shape index (κ1) is 15.5. The Bertz CT molecular complexity index is 622. The molecule has 0 aliphatic heterocycles. The van der Waals surface area contributed by atoms with Crippen molar-refractivity contribution < 1.29 is 13.9 Å². The minimum absolute atomic E-state index is 0.335. The molecule has 0 atom stereocenters. The fourth-order valence-corrected chi connectivity index (χ4v) is 2.42. The van der Waals surface area contributed by atoms with Gasteiger partial charge in [0, 0.05) is 5.69 Å². The third kappa shape index (κ3) is 4.04. The SMILES string of the molecule is COC(=O)c1ccc(C)c(NCc2ccc(CSC)o2)c1. The standard InChI is InChI=1S/C16H19NO3S/c1-11-4-5-12(16(18)19-2)8-15(11)17-9-13-6-7-14(20-13)10-21-3/h4-8,17H,9-10H2,1-3H3. The van der Waals surface area contributed by atoms with Crippen LogP contribution < -0.4 is 5.32 Å². The number of thioether (sulfide) groups is 1. The van der Waals surface area contributed by atoms with E-state index in [1.165, 1.54) is 7.11 Å². The van der Waals surface area contributed by atoms with E-state index in [0.29, 0.717) is 12.1 Å². The fourth-order valence-electron chi connectivity index (χ4n) is 1.98. The Labute approximate surface area is 128 Å². The molecule has 1 aromatic heterocycles. The van der Waals surface area contributed by atoms with Crippen LogP contribution in [-0.4, -0.2) is 19.3 Å². The van der Waals surface area contributed by atoms with Crippen molar-refractivity contribution >= 4 is 23.4 Å². The van der Waals surface area contributed by atoms with Crippen molar-refractivity contribution in [2.45, 2.75) is 19.2 Å². The van der Waals surface area contributed by atoms with Crippen LogP contribution in [0.3, 0.4) is 0 Å². The summed E-state index contributed by atoms with van der Waals surface area (Å²) in [6.45, 7) is 2.57. The van der Waals surface area contributed by atoms with Gasteiger partial charge < -0.3 is 14.5 Å². The van der Waals surface area contributed by atoms with Crippen LogP contribution in [0.2, 0.25) is 0 Å². The number of anilines is 1. The Hall–Kier alpha value is -1.88. The van der Waals surface area contributed by atoms with Crippen LogP contribution in [0, 0.1) is 6.92 Å². The third-order valence-corrected chi connectivity index (χ3v) is 3.69. The van der Waals surface area contributed by atoms with E-state index in [2.05, 4.69) is 5.32 Å². The summed E-state index contributed by atoms with van der Waals surface area (Å²) in [5, 5.41) is 3.30. The summed E-state index contributed by atoms with van der Waals surface area (Å²) >= 11 is 1.73. The number of rotatable bonds is 6. The van der Waals surface area contributed by atoms with Crippen LogP contribution in [0.25, 0.3) is 0 Å². The van der Waals surface area contributed by atoms with E-state index in [-0.39, 0.29) is 5.97 Å². The third-order valence-electron chi connectivity index (χ3n) is 3.12. The maximum atomic E-state index is 11.6. The lowest BCUT2D eigenvalue weighted by Gasteiger charge is -2.10. The zero-order chi connectivity index (χ0) is 15.2. The number of aryl methyl sites for hydroxylation is 1. The van der Waals surface area contributed by atoms with Gasteiger partial charge in [0.1, 0.15) is 11.5 Å². The normalized spacial score (nSPS) is 10.4. The van der Waals surface area contributed by atoms with Crippen LogP contribution in [0.1, 0.15) is 27.4 Å². The molecule has 0 fully saturated rings. The number of esters is 1. The largest absolute Gasteiger partial charge is 0.465 e. The predicted octanol–water partition coefficient (Wildman–Crippen LogP) is 3.85. The highest BCUT2D eigenvalue weighted by atomic mass is 32.2. The van der Waals surface area contributed by atoms with Crippen LogP contribution in [0.5, 0.6) is 0 Å². The van der Waals surface area contributed by atoms with Crippen LogP contribution in [0.15, 0.2) is 34.7 Å². The molecule has 0 bridgehead atoms. The van der Waals surface area contributed by atoms with Crippen molar-refractivity contribution in [1.29, 1.82) is 0 Å². The highest BCUT2D eigenvalue weighted by Gasteiger charge is 2.08.